The predicted octanol–water partition coefficient (Wildman–Crippen LogP) is 3.40. The Bertz CT molecular complexity index is 927. The number of hydrogen-bond donors (Lipinski definition) is 3. The van der Waals surface area contributed by atoms with Gasteiger partial charge in [0.25, 0.3) is 5.91 Å². The van der Waals surface area contributed by atoms with E-state index in [9.17, 15) is 19.1 Å². The molecule has 0 spiro atoms. The van der Waals surface area contributed by atoms with E-state index < -0.39 is 29.7 Å². The third-order valence-corrected chi connectivity index (χ3v) is 4.52. The van der Waals surface area contributed by atoms with Gasteiger partial charge in [0.1, 0.15) is 11.4 Å². The Morgan fingerprint density at radius 3 is 2.41 bits per heavy atom. The first-order valence-corrected chi connectivity index (χ1v) is 10.6. The molecule has 0 unspecified atom stereocenters. The first kappa shape index (κ1) is 25.3. The number of carbonyl (C=O) groups is 2. The number of amides is 2. The second-order valence-corrected chi connectivity index (χ2v) is 8.95. The molecule has 2 aromatic rings. The van der Waals surface area contributed by atoms with Crippen LogP contribution < -0.4 is 10.6 Å². The summed E-state index contributed by atoms with van der Waals surface area (Å²) >= 11 is 0. The van der Waals surface area contributed by atoms with E-state index in [2.05, 4.69) is 15.6 Å². The average Bonchev–Trinajstić information content (AvgIpc) is 2.67. The zero-order valence-corrected chi connectivity index (χ0v) is 19.2. The molecule has 0 aliphatic heterocycles. The molecule has 2 rings (SSSR count). The second kappa shape index (κ2) is 11.0. The Labute approximate surface area is 188 Å². The molecule has 0 saturated carbocycles. The van der Waals surface area contributed by atoms with Crippen LogP contribution in [-0.4, -0.2) is 45.9 Å². The maximum atomic E-state index is 14.2. The van der Waals surface area contributed by atoms with Crippen molar-refractivity contribution in [3.63, 3.8) is 0 Å². The third-order valence-electron chi connectivity index (χ3n) is 4.52. The number of rotatable bonds is 8. The summed E-state index contributed by atoms with van der Waals surface area (Å²) in [6, 6.07) is 8.49. The molecule has 1 heterocycles. The first-order chi connectivity index (χ1) is 15.0. The lowest BCUT2D eigenvalue weighted by molar-refractivity contribution is 0.0420. The maximum Gasteiger partial charge on any atom is 0.407 e. The van der Waals surface area contributed by atoms with Gasteiger partial charge >= 0.3 is 6.09 Å². The molecule has 0 aliphatic rings. The summed E-state index contributed by atoms with van der Waals surface area (Å²) in [7, 11) is 0. The minimum absolute atomic E-state index is 0.0173. The summed E-state index contributed by atoms with van der Waals surface area (Å²) < 4.78 is 19.6. The van der Waals surface area contributed by atoms with Gasteiger partial charge < -0.3 is 20.5 Å². The zero-order valence-electron chi connectivity index (χ0n) is 19.2. The van der Waals surface area contributed by atoms with Crippen molar-refractivity contribution >= 4 is 12.0 Å². The van der Waals surface area contributed by atoms with Gasteiger partial charge in [-0.05, 0) is 64.8 Å². The van der Waals surface area contributed by atoms with Crippen LogP contribution in [0.3, 0.4) is 0 Å². The Hall–Kier alpha value is -3.00. The number of nitrogens with zero attached hydrogens (tertiary/aromatic N) is 1. The van der Waals surface area contributed by atoms with Gasteiger partial charge in [0.2, 0.25) is 0 Å². The first-order valence-electron chi connectivity index (χ1n) is 10.6. The van der Waals surface area contributed by atoms with Crippen LogP contribution in [-0.2, 0) is 17.6 Å². The number of hydrogen-bond acceptors (Lipinski definition) is 5. The minimum Gasteiger partial charge on any atom is -0.444 e. The topological polar surface area (TPSA) is 101 Å². The molecule has 0 bridgehead atoms. The third kappa shape index (κ3) is 7.92. The highest BCUT2D eigenvalue weighted by Crippen LogP contribution is 2.16. The number of alkyl carbamates (subject to hydrolysis) is 1. The monoisotopic (exact) mass is 445 g/mol. The number of carbonyl (C=O) groups excluding carboxylic acids is 2. The van der Waals surface area contributed by atoms with E-state index in [0.29, 0.717) is 16.8 Å². The van der Waals surface area contributed by atoms with E-state index in [-0.39, 0.29) is 24.8 Å². The Kier molecular flexibility index (Phi) is 8.72. The number of nitrogens with one attached hydrogen (secondary N) is 2. The molecular weight excluding hydrogens is 413 g/mol. The van der Waals surface area contributed by atoms with Crippen molar-refractivity contribution in [2.45, 2.75) is 71.2 Å². The quantitative estimate of drug-likeness (QED) is 0.578. The number of benzene rings is 1. The molecular formula is C24H32FN3O4. The second-order valence-electron chi connectivity index (χ2n) is 8.95. The number of aliphatic hydroxyl groups is 1. The van der Waals surface area contributed by atoms with E-state index in [0.717, 1.165) is 0 Å². The van der Waals surface area contributed by atoms with Crippen LogP contribution in [0, 0.1) is 5.82 Å². The van der Waals surface area contributed by atoms with E-state index >= 15 is 0 Å². The molecule has 1 aromatic heterocycles. The van der Waals surface area contributed by atoms with E-state index in [4.69, 9.17) is 4.74 Å². The summed E-state index contributed by atoms with van der Waals surface area (Å²) in [6.07, 6.45) is -0.329. The Balaban J connectivity index is 2.26. The van der Waals surface area contributed by atoms with Gasteiger partial charge in [-0.15, -0.1) is 0 Å². The van der Waals surface area contributed by atoms with Crippen molar-refractivity contribution in [3.8, 4) is 0 Å². The number of aliphatic hydroxyl groups excluding tert-OH is 1. The van der Waals surface area contributed by atoms with E-state index in [1.165, 1.54) is 12.3 Å². The molecule has 1 aromatic carbocycles. The number of ether oxygens (including phenoxy) is 1. The summed E-state index contributed by atoms with van der Waals surface area (Å²) in [5.41, 5.74) is 0.317. The van der Waals surface area contributed by atoms with Crippen LogP contribution in [0.1, 0.15) is 56.2 Å². The summed E-state index contributed by atoms with van der Waals surface area (Å²) in [5.74, 6) is -0.744. The van der Waals surface area contributed by atoms with Gasteiger partial charge in [0, 0.05) is 18.7 Å². The molecule has 2 amide bonds. The highest BCUT2D eigenvalue weighted by Gasteiger charge is 2.27. The van der Waals surface area contributed by atoms with Gasteiger partial charge in [-0.3, -0.25) is 9.78 Å². The van der Waals surface area contributed by atoms with Gasteiger partial charge in [-0.25, -0.2) is 9.18 Å². The lowest BCUT2D eigenvalue weighted by Crippen LogP contribution is -2.47. The normalized spacial score (nSPS) is 13.4. The van der Waals surface area contributed by atoms with Gasteiger partial charge in [0.05, 0.1) is 23.4 Å². The fraction of sp³-hybridized carbons (Fsp3) is 0.458. The molecule has 0 aliphatic carbocycles. The number of halogens is 1. The largest absolute Gasteiger partial charge is 0.444 e. The van der Waals surface area contributed by atoms with E-state index in [1.807, 2.05) is 13.8 Å². The summed E-state index contributed by atoms with van der Waals surface area (Å²) in [5, 5.41) is 16.4. The molecule has 8 heteroatoms. The minimum atomic E-state index is -1.15. The zero-order chi connectivity index (χ0) is 23.9. The molecule has 3 N–H and O–H groups in total. The van der Waals surface area contributed by atoms with Crippen molar-refractivity contribution in [1.29, 1.82) is 0 Å². The van der Waals surface area contributed by atoms with Crippen LogP contribution in [0.2, 0.25) is 0 Å². The van der Waals surface area contributed by atoms with Gasteiger partial charge in [-0.1, -0.05) is 18.2 Å². The predicted molar refractivity (Wildman–Crippen MR) is 120 cm³/mol. The van der Waals surface area contributed by atoms with Crippen molar-refractivity contribution in [3.05, 3.63) is 65.2 Å². The summed E-state index contributed by atoms with van der Waals surface area (Å²) in [4.78, 5) is 29.2. The fourth-order valence-electron chi connectivity index (χ4n) is 3.13. The molecule has 0 saturated heterocycles. The van der Waals surface area contributed by atoms with Crippen LogP contribution >= 0.6 is 0 Å². The van der Waals surface area contributed by atoms with E-state index in [1.54, 1.807) is 51.1 Å². The lowest BCUT2D eigenvalue weighted by Gasteiger charge is -2.27. The van der Waals surface area contributed by atoms with Crippen LogP contribution in [0.15, 0.2) is 42.6 Å². The molecule has 7 nitrogen and oxygen atoms in total. The van der Waals surface area contributed by atoms with Crippen LogP contribution in [0.25, 0.3) is 0 Å². The maximum absolute atomic E-state index is 14.2. The van der Waals surface area contributed by atoms with Crippen molar-refractivity contribution in [2.75, 3.05) is 0 Å². The molecule has 0 fully saturated rings. The van der Waals surface area contributed by atoms with Crippen LogP contribution in [0.5, 0.6) is 0 Å². The lowest BCUT2D eigenvalue weighted by atomic mass is 9.96. The molecule has 174 valence electrons. The summed E-state index contributed by atoms with van der Waals surface area (Å²) in [6.45, 7) is 8.86. The molecule has 32 heavy (non-hydrogen) atoms. The van der Waals surface area contributed by atoms with Crippen molar-refractivity contribution in [2.24, 2.45) is 0 Å². The van der Waals surface area contributed by atoms with Crippen molar-refractivity contribution in [1.82, 2.24) is 15.6 Å². The molecule has 2 atom stereocenters. The van der Waals surface area contributed by atoms with Gasteiger partial charge in [0.15, 0.2) is 0 Å². The smallest absolute Gasteiger partial charge is 0.407 e. The van der Waals surface area contributed by atoms with Crippen molar-refractivity contribution < 1.29 is 23.8 Å². The highest BCUT2D eigenvalue weighted by molar-refractivity contribution is 5.95. The highest BCUT2D eigenvalue weighted by atomic mass is 19.1. The Morgan fingerprint density at radius 2 is 1.78 bits per heavy atom. The van der Waals surface area contributed by atoms with Gasteiger partial charge in [-0.2, -0.15) is 0 Å². The number of pyridine rings is 1. The Morgan fingerprint density at radius 1 is 1.09 bits per heavy atom. The van der Waals surface area contributed by atoms with Crippen LogP contribution in [0.4, 0.5) is 9.18 Å². The molecule has 0 radical (unpaired) electrons. The average molecular weight is 446 g/mol. The number of aromatic nitrogens is 1. The standard InChI is InChI=1S/C24H32FN3O4/c1-15(2)27-22(30)17-10-8-12-26-19(17)14-21(29)20(28-23(31)32-24(3,4)5)13-16-9-6-7-11-18(16)25/h6-12,15,20-21,29H,13-14H2,1-5H3,(H,27,30)(H,28,31)/t20-,21-/m1/s1. The fourth-order valence-corrected chi connectivity index (χ4v) is 3.13. The SMILES string of the molecule is CC(C)NC(=O)c1cccnc1C[C@@H](O)[C@@H](Cc1ccccc1F)NC(=O)OC(C)(C)C.